The summed E-state index contributed by atoms with van der Waals surface area (Å²) in [4.78, 5) is 0. The minimum Gasteiger partial charge on any atom is -0.330 e. The molecule has 1 aliphatic carbocycles. The third kappa shape index (κ3) is 2.65. The van der Waals surface area contributed by atoms with Gasteiger partial charge in [0.1, 0.15) is 5.82 Å². The molecule has 0 radical (unpaired) electrons. The maximum Gasteiger partial charge on any atom is 0.124 e. The maximum absolute atomic E-state index is 13.5. The van der Waals surface area contributed by atoms with Crippen LogP contribution >= 0.6 is 15.9 Å². The van der Waals surface area contributed by atoms with Crippen molar-refractivity contribution in [2.75, 3.05) is 6.54 Å². The standard InChI is InChI=1S/C17H17BrFN/c18-15-5-12(6-16(19)7-15)8-17(11-20)9-13-3-1-2-4-14(13)10-17/h1-7H,8-11,20H2. The summed E-state index contributed by atoms with van der Waals surface area (Å²) in [7, 11) is 0. The summed E-state index contributed by atoms with van der Waals surface area (Å²) < 4.78 is 14.3. The van der Waals surface area contributed by atoms with Gasteiger partial charge in [0, 0.05) is 4.47 Å². The van der Waals surface area contributed by atoms with Crippen molar-refractivity contribution in [3.63, 3.8) is 0 Å². The predicted octanol–water partition coefficient (Wildman–Crippen LogP) is 3.87. The Morgan fingerprint density at radius 2 is 1.75 bits per heavy atom. The van der Waals surface area contributed by atoms with Crippen LogP contribution < -0.4 is 5.73 Å². The molecule has 2 aromatic rings. The molecular formula is C17H17BrFN. The molecular weight excluding hydrogens is 317 g/mol. The Morgan fingerprint density at radius 3 is 2.30 bits per heavy atom. The number of nitrogens with two attached hydrogens (primary N) is 1. The second-order valence-electron chi connectivity index (χ2n) is 5.78. The normalized spacial score (nSPS) is 16.1. The zero-order valence-corrected chi connectivity index (χ0v) is 12.8. The van der Waals surface area contributed by atoms with E-state index in [9.17, 15) is 4.39 Å². The Hall–Kier alpha value is -1.19. The quantitative estimate of drug-likeness (QED) is 0.906. The molecule has 2 N–H and O–H groups in total. The molecule has 1 aliphatic rings. The molecule has 1 nitrogen and oxygen atoms in total. The average molecular weight is 334 g/mol. The Morgan fingerprint density at radius 1 is 1.10 bits per heavy atom. The lowest BCUT2D eigenvalue weighted by molar-refractivity contribution is 0.314. The third-order valence-corrected chi connectivity index (χ3v) is 4.64. The Balaban J connectivity index is 1.89. The maximum atomic E-state index is 13.5. The number of fused-ring (bicyclic) bond motifs is 1. The lowest BCUT2D eigenvalue weighted by Crippen LogP contribution is -2.33. The minimum absolute atomic E-state index is 0.0247. The number of hydrogen-bond donors (Lipinski definition) is 1. The molecule has 0 fully saturated rings. The van der Waals surface area contributed by atoms with Crippen LogP contribution in [0.15, 0.2) is 46.9 Å². The topological polar surface area (TPSA) is 26.0 Å². The van der Waals surface area contributed by atoms with Gasteiger partial charge in [0.15, 0.2) is 0 Å². The van der Waals surface area contributed by atoms with Crippen LogP contribution in [0.25, 0.3) is 0 Å². The highest BCUT2D eigenvalue weighted by Crippen LogP contribution is 2.39. The van der Waals surface area contributed by atoms with Crippen LogP contribution in [0.4, 0.5) is 4.39 Å². The molecule has 0 aliphatic heterocycles. The van der Waals surface area contributed by atoms with E-state index in [0.29, 0.717) is 6.54 Å². The Bertz CT molecular complexity index is 593. The zero-order chi connectivity index (χ0) is 14.2. The summed E-state index contributed by atoms with van der Waals surface area (Å²) in [5.74, 6) is -0.197. The molecule has 0 atom stereocenters. The zero-order valence-electron chi connectivity index (χ0n) is 11.2. The first-order valence-corrected chi connectivity index (χ1v) is 7.61. The molecule has 0 heterocycles. The van der Waals surface area contributed by atoms with Gasteiger partial charge in [0.25, 0.3) is 0 Å². The fraction of sp³-hybridized carbons (Fsp3) is 0.294. The molecule has 3 rings (SSSR count). The van der Waals surface area contributed by atoms with Crippen LogP contribution in [0.2, 0.25) is 0 Å². The lowest BCUT2D eigenvalue weighted by atomic mass is 9.79. The second kappa shape index (κ2) is 5.30. The van der Waals surface area contributed by atoms with E-state index in [0.717, 1.165) is 29.3 Å². The molecule has 2 aromatic carbocycles. The van der Waals surface area contributed by atoms with Crippen molar-refractivity contribution in [2.24, 2.45) is 11.1 Å². The fourth-order valence-corrected chi connectivity index (χ4v) is 3.77. The first kappa shape index (κ1) is 13.8. The van der Waals surface area contributed by atoms with Gasteiger partial charge < -0.3 is 5.73 Å². The van der Waals surface area contributed by atoms with E-state index in [1.165, 1.54) is 17.2 Å². The van der Waals surface area contributed by atoms with Crippen LogP contribution in [0, 0.1) is 11.2 Å². The van der Waals surface area contributed by atoms with E-state index >= 15 is 0 Å². The molecule has 0 unspecified atom stereocenters. The average Bonchev–Trinajstić information content (AvgIpc) is 2.76. The number of hydrogen-bond acceptors (Lipinski definition) is 1. The van der Waals surface area contributed by atoms with Crippen molar-refractivity contribution in [3.8, 4) is 0 Å². The van der Waals surface area contributed by atoms with Gasteiger partial charge in [0.05, 0.1) is 0 Å². The van der Waals surface area contributed by atoms with Crippen molar-refractivity contribution < 1.29 is 4.39 Å². The van der Waals surface area contributed by atoms with Gasteiger partial charge >= 0.3 is 0 Å². The molecule has 104 valence electrons. The fourth-order valence-electron chi connectivity index (χ4n) is 3.26. The highest BCUT2D eigenvalue weighted by Gasteiger charge is 2.36. The SMILES string of the molecule is NCC1(Cc2cc(F)cc(Br)c2)Cc2ccccc2C1. The van der Waals surface area contributed by atoms with Gasteiger partial charge in [-0.2, -0.15) is 0 Å². The minimum atomic E-state index is -0.197. The highest BCUT2D eigenvalue weighted by molar-refractivity contribution is 9.10. The number of rotatable bonds is 3. The molecule has 0 saturated heterocycles. The van der Waals surface area contributed by atoms with Gasteiger partial charge in [-0.15, -0.1) is 0 Å². The largest absolute Gasteiger partial charge is 0.330 e. The van der Waals surface area contributed by atoms with Crippen molar-refractivity contribution >= 4 is 15.9 Å². The van der Waals surface area contributed by atoms with E-state index in [-0.39, 0.29) is 11.2 Å². The predicted molar refractivity (Wildman–Crippen MR) is 83.1 cm³/mol. The van der Waals surface area contributed by atoms with Crippen LogP contribution in [0.3, 0.4) is 0 Å². The first-order chi connectivity index (χ1) is 9.60. The van der Waals surface area contributed by atoms with Crippen molar-refractivity contribution in [1.82, 2.24) is 0 Å². The van der Waals surface area contributed by atoms with E-state index in [4.69, 9.17) is 5.73 Å². The van der Waals surface area contributed by atoms with E-state index < -0.39 is 0 Å². The van der Waals surface area contributed by atoms with Crippen molar-refractivity contribution in [3.05, 3.63) is 69.4 Å². The summed E-state index contributed by atoms with van der Waals surface area (Å²) in [5, 5.41) is 0. The van der Waals surface area contributed by atoms with Crippen molar-refractivity contribution in [1.29, 1.82) is 0 Å². The second-order valence-corrected chi connectivity index (χ2v) is 6.70. The summed E-state index contributed by atoms with van der Waals surface area (Å²) in [6, 6.07) is 13.6. The molecule has 0 amide bonds. The summed E-state index contributed by atoms with van der Waals surface area (Å²) >= 11 is 3.36. The van der Waals surface area contributed by atoms with Gasteiger partial charge in [-0.05, 0) is 66.1 Å². The number of benzene rings is 2. The van der Waals surface area contributed by atoms with E-state index in [1.807, 2.05) is 6.07 Å². The molecule has 20 heavy (non-hydrogen) atoms. The Labute approximate surface area is 127 Å². The van der Waals surface area contributed by atoms with Crippen molar-refractivity contribution in [2.45, 2.75) is 19.3 Å². The molecule has 0 spiro atoms. The molecule has 0 aromatic heterocycles. The van der Waals surface area contributed by atoms with Gasteiger partial charge in [-0.1, -0.05) is 40.2 Å². The Kier molecular flexibility index (Phi) is 3.65. The monoisotopic (exact) mass is 333 g/mol. The van der Waals surface area contributed by atoms with Gasteiger partial charge in [-0.25, -0.2) is 4.39 Å². The summed E-state index contributed by atoms with van der Waals surface area (Å²) in [5.41, 5.74) is 9.87. The van der Waals surface area contributed by atoms with Gasteiger partial charge in [-0.3, -0.25) is 0 Å². The third-order valence-electron chi connectivity index (χ3n) is 4.18. The number of halogens is 2. The lowest BCUT2D eigenvalue weighted by Gasteiger charge is -2.27. The molecule has 3 heteroatoms. The van der Waals surface area contributed by atoms with Crippen LogP contribution in [-0.4, -0.2) is 6.54 Å². The highest BCUT2D eigenvalue weighted by atomic mass is 79.9. The van der Waals surface area contributed by atoms with Gasteiger partial charge in [0.2, 0.25) is 0 Å². The smallest absolute Gasteiger partial charge is 0.124 e. The van der Waals surface area contributed by atoms with Crippen LogP contribution in [-0.2, 0) is 19.3 Å². The molecule has 0 saturated carbocycles. The summed E-state index contributed by atoms with van der Waals surface area (Å²) in [6.07, 6.45) is 2.77. The van der Waals surface area contributed by atoms with E-state index in [1.54, 1.807) is 6.07 Å². The van der Waals surface area contributed by atoms with E-state index in [2.05, 4.69) is 40.2 Å². The molecule has 0 bridgehead atoms. The first-order valence-electron chi connectivity index (χ1n) is 6.82. The van der Waals surface area contributed by atoms with Crippen LogP contribution in [0.1, 0.15) is 16.7 Å². The van der Waals surface area contributed by atoms with Crippen LogP contribution in [0.5, 0.6) is 0 Å². The summed E-state index contributed by atoms with van der Waals surface area (Å²) in [6.45, 7) is 0.621.